The molecule has 19 heavy (non-hydrogen) atoms. The quantitative estimate of drug-likeness (QED) is 0.312. The number of allylic oxidation sites excluding steroid dienone is 1. The normalized spacial score (nSPS) is 11.1. The second-order valence-electron chi connectivity index (χ2n) is 4.94. The Morgan fingerprint density at radius 3 is 2.00 bits per heavy atom. The minimum absolute atomic E-state index is 0.173. The van der Waals surface area contributed by atoms with Gasteiger partial charge in [-0.25, -0.2) is 0 Å². The van der Waals surface area contributed by atoms with Crippen LogP contribution >= 0.6 is 0 Å². The molecule has 0 aromatic carbocycles. The molecule has 0 spiro atoms. The molecule has 0 bridgehead atoms. The van der Waals surface area contributed by atoms with Crippen LogP contribution in [-0.4, -0.2) is 24.3 Å². The van der Waals surface area contributed by atoms with Gasteiger partial charge in [-0.2, -0.15) is 0 Å². The highest BCUT2D eigenvalue weighted by atomic mass is 16.5. The Kier molecular flexibility index (Phi) is 14.6. The zero-order chi connectivity index (χ0) is 14.2. The first-order valence-electron chi connectivity index (χ1n) is 7.66. The number of aliphatic hydroxyl groups excluding tert-OH is 1. The summed E-state index contributed by atoms with van der Waals surface area (Å²) in [5.74, 6) is -0.173. The van der Waals surface area contributed by atoms with Gasteiger partial charge in [-0.05, 0) is 25.7 Å². The Morgan fingerprint density at radius 1 is 0.895 bits per heavy atom. The number of rotatable bonds is 13. The number of carbonyl (C=O) groups is 1. The minimum Gasteiger partial charge on any atom is -0.466 e. The highest BCUT2D eigenvalue weighted by molar-refractivity contribution is 5.65. The average molecular weight is 270 g/mol. The molecule has 0 aliphatic heterocycles. The van der Waals surface area contributed by atoms with Gasteiger partial charge in [0.1, 0.15) is 0 Å². The van der Waals surface area contributed by atoms with Crippen molar-refractivity contribution in [3.05, 3.63) is 12.2 Å². The molecular weight excluding hydrogens is 240 g/mol. The van der Waals surface area contributed by atoms with E-state index in [-0.39, 0.29) is 12.6 Å². The van der Waals surface area contributed by atoms with E-state index in [0.29, 0.717) is 6.61 Å². The van der Waals surface area contributed by atoms with Gasteiger partial charge in [0, 0.05) is 13.5 Å². The van der Waals surface area contributed by atoms with E-state index in [0.717, 1.165) is 25.7 Å². The van der Waals surface area contributed by atoms with Crippen LogP contribution in [0.3, 0.4) is 0 Å². The lowest BCUT2D eigenvalue weighted by Crippen LogP contribution is -2.00. The maximum Gasteiger partial charge on any atom is 0.302 e. The van der Waals surface area contributed by atoms with Gasteiger partial charge in [0.25, 0.3) is 0 Å². The lowest BCUT2D eigenvalue weighted by molar-refractivity contribution is -0.141. The highest BCUT2D eigenvalue weighted by Gasteiger charge is 1.94. The third kappa shape index (κ3) is 17.2. The van der Waals surface area contributed by atoms with Crippen LogP contribution < -0.4 is 0 Å². The molecule has 0 aliphatic rings. The average Bonchev–Trinajstić information content (AvgIpc) is 2.39. The van der Waals surface area contributed by atoms with Gasteiger partial charge in [0.15, 0.2) is 0 Å². The lowest BCUT2D eigenvalue weighted by Gasteiger charge is -2.02. The molecule has 0 heterocycles. The molecule has 1 N–H and O–H groups in total. The molecule has 0 saturated carbocycles. The van der Waals surface area contributed by atoms with Crippen LogP contribution in [-0.2, 0) is 9.53 Å². The predicted molar refractivity (Wildman–Crippen MR) is 79.0 cm³/mol. The Bertz CT molecular complexity index is 224. The fraction of sp³-hybridized carbons (Fsp3) is 0.812. The monoisotopic (exact) mass is 270 g/mol. The van der Waals surface area contributed by atoms with E-state index in [2.05, 4.69) is 12.2 Å². The van der Waals surface area contributed by atoms with Gasteiger partial charge in [0.2, 0.25) is 0 Å². The Morgan fingerprint density at radius 2 is 1.42 bits per heavy atom. The van der Waals surface area contributed by atoms with Crippen LogP contribution in [0.2, 0.25) is 0 Å². The van der Waals surface area contributed by atoms with Crippen molar-refractivity contribution in [2.45, 2.75) is 71.1 Å². The third-order valence-corrected chi connectivity index (χ3v) is 3.03. The second-order valence-corrected chi connectivity index (χ2v) is 4.94. The number of esters is 1. The van der Waals surface area contributed by atoms with E-state index >= 15 is 0 Å². The third-order valence-electron chi connectivity index (χ3n) is 3.03. The summed E-state index contributed by atoms with van der Waals surface area (Å²) in [6.45, 7) is 2.29. The molecule has 0 rings (SSSR count). The Labute approximate surface area is 118 Å². The molecule has 0 amide bonds. The Balaban J connectivity index is 3.01. The highest BCUT2D eigenvalue weighted by Crippen LogP contribution is 2.10. The van der Waals surface area contributed by atoms with E-state index in [1.54, 1.807) is 0 Å². The van der Waals surface area contributed by atoms with E-state index in [9.17, 15) is 4.79 Å². The molecule has 3 nitrogen and oxygen atoms in total. The summed E-state index contributed by atoms with van der Waals surface area (Å²) in [4.78, 5) is 10.5. The number of carbonyl (C=O) groups excluding carboxylic acids is 1. The molecule has 0 saturated heterocycles. The van der Waals surface area contributed by atoms with Crippen molar-refractivity contribution in [3.63, 3.8) is 0 Å². The maximum atomic E-state index is 10.5. The standard InChI is InChI=1S/C16H30O3/c1-16(18)19-15-13-11-9-7-5-3-2-4-6-8-10-12-14-17/h8,10,17H,2-7,9,11-15H2,1H3/b10-8-. The fourth-order valence-corrected chi connectivity index (χ4v) is 1.95. The van der Waals surface area contributed by atoms with Crippen molar-refractivity contribution in [1.29, 1.82) is 0 Å². The summed E-state index contributed by atoms with van der Waals surface area (Å²) in [5.41, 5.74) is 0. The Hall–Kier alpha value is -0.830. The molecular formula is C16H30O3. The van der Waals surface area contributed by atoms with Crippen LogP contribution in [0.15, 0.2) is 12.2 Å². The van der Waals surface area contributed by atoms with Crippen LogP contribution in [0.4, 0.5) is 0 Å². The molecule has 0 unspecified atom stereocenters. The van der Waals surface area contributed by atoms with Crippen LogP contribution in [0.5, 0.6) is 0 Å². The van der Waals surface area contributed by atoms with Crippen molar-refractivity contribution in [3.8, 4) is 0 Å². The first kappa shape index (κ1) is 18.2. The second kappa shape index (κ2) is 15.2. The summed E-state index contributed by atoms with van der Waals surface area (Å²) in [6.07, 6.45) is 16.0. The largest absolute Gasteiger partial charge is 0.466 e. The van der Waals surface area contributed by atoms with E-state index in [1.807, 2.05) is 0 Å². The van der Waals surface area contributed by atoms with E-state index in [1.165, 1.54) is 45.4 Å². The SMILES string of the molecule is CC(=O)OCCCCCCCCCC/C=C\CCO. The summed E-state index contributed by atoms with van der Waals surface area (Å²) in [5, 5.41) is 8.59. The van der Waals surface area contributed by atoms with Crippen LogP contribution in [0.25, 0.3) is 0 Å². The van der Waals surface area contributed by atoms with Crippen molar-refractivity contribution < 1.29 is 14.6 Å². The van der Waals surface area contributed by atoms with Crippen molar-refractivity contribution in [2.24, 2.45) is 0 Å². The molecule has 0 atom stereocenters. The van der Waals surface area contributed by atoms with Crippen molar-refractivity contribution in [1.82, 2.24) is 0 Å². The van der Waals surface area contributed by atoms with Gasteiger partial charge >= 0.3 is 5.97 Å². The fourth-order valence-electron chi connectivity index (χ4n) is 1.95. The number of unbranched alkanes of at least 4 members (excludes halogenated alkanes) is 8. The van der Waals surface area contributed by atoms with Crippen molar-refractivity contribution >= 4 is 5.97 Å². The molecule has 0 fully saturated rings. The van der Waals surface area contributed by atoms with Gasteiger partial charge in [0.05, 0.1) is 6.61 Å². The zero-order valence-corrected chi connectivity index (χ0v) is 12.4. The summed E-state index contributed by atoms with van der Waals surface area (Å²) >= 11 is 0. The maximum absolute atomic E-state index is 10.5. The van der Waals surface area contributed by atoms with Gasteiger partial charge < -0.3 is 9.84 Å². The van der Waals surface area contributed by atoms with Gasteiger partial charge in [-0.3, -0.25) is 4.79 Å². The molecule has 0 aromatic rings. The molecule has 0 radical (unpaired) electrons. The van der Waals surface area contributed by atoms with Crippen molar-refractivity contribution in [2.75, 3.05) is 13.2 Å². The lowest BCUT2D eigenvalue weighted by atomic mass is 10.1. The van der Waals surface area contributed by atoms with Gasteiger partial charge in [-0.15, -0.1) is 0 Å². The number of aliphatic hydroxyl groups is 1. The summed E-state index contributed by atoms with van der Waals surface area (Å²) in [6, 6.07) is 0. The zero-order valence-electron chi connectivity index (χ0n) is 12.4. The van der Waals surface area contributed by atoms with E-state index < -0.39 is 0 Å². The first-order chi connectivity index (χ1) is 9.27. The molecule has 0 aliphatic carbocycles. The molecule has 112 valence electrons. The number of hydrogen-bond acceptors (Lipinski definition) is 3. The summed E-state index contributed by atoms with van der Waals surface area (Å²) < 4.78 is 4.88. The van der Waals surface area contributed by atoms with Gasteiger partial charge in [-0.1, -0.05) is 50.7 Å². The molecule has 0 aromatic heterocycles. The number of ether oxygens (including phenoxy) is 1. The minimum atomic E-state index is -0.173. The van der Waals surface area contributed by atoms with Crippen LogP contribution in [0.1, 0.15) is 71.1 Å². The number of hydrogen-bond donors (Lipinski definition) is 1. The van der Waals surface area contributed by atoms with E-state index in [4.69, 9.17) is 9.84 Å². The predicted octanol–water partition coefficient (Wildman–Crippen LogP) is 4.00. The van der Waals surface area contributed by atoms with Crippen LogP contribution in [0, 0.1) is 0 Å². The first-order valence-corrected chi connectivity index (χ1v) is 7.66. The topological polar surface area (TPSA) is 46.5 Å². The smallest absolute Gasteiger partial charge is 0.302 e. The summed E-state index contributed by atoms with van der Waals surface area (Å²) in [7, 11) is 0. The molecule has 3 heteroatoms.